The molecule has 1 heterocycles. The highest BCUT2D eigenvalue weighted by molar-refractivity contribution is 6.05. The Kier molecular flexibility index (Phi) is 3.52. The number of aromatic amines is 1. The highest BCUT2D eigenvalue weighted by atomic mass is 19.4. The molecule has 0 spiro atoms. The molecule has 0 fully saturated rings. The smallest absolute Gasteiger partial charge is 0.322 e. The molecule has 1 aromatic heterocycles. The number of H-pyrrole nitrogens is 1. The van der Waals surface area contributed by atoms with E-state index in [1.165, 1.54) is 12.1 Å². The van der Waals surface area contributed by atoms with Crippen LogP contribution in [-0.2, 0) is 6.18 Å². The summed E-state index contributed by atoms with van der Waals surface area (Å²) in [7, 11) is 0. The first-order chi connectivity index (χ1) is 9.29. The van der Waals surface area contributed by atoms with Gasteiger partial charge in [0.25, 0.3) is 5.91 Å². The van der Waals surface area contributed by atoms with Gasteiger partial charge in [-0.05, 0) is 32.0 Å². The van der Waals surface area contributed by atoms with E-state index >= 15 is 0 Å². The first-order valence-corrected chi connectivity index (χ1v) is 5.79. The van der Waals surface area contributed by atoms with Crippen LogP contribution in [0.4, 0.5) is 18.9 Å². The Morgan fingerprint density at radius 1 is 1.30 bits per heavy atom. The summed E-state index contributed by atoms with van der Waals surface area (Å²) in [4.78, 5) is 12.0. The van der Waals surface area contributed by atoms with Gasteiger partial charge in [0.05, 0.1) is 16.8 Å². The van der Waals surface area contributed by atoms with Gasteiger partial charge in [-0.15, -0.1) is 0 Å². The zero-order chi connectivity index (χ0) is 14.9. The van der Waals surface area contributed by atoms with E-state index in [9.17, 15) is 18.0 Å². The maximum absolute atomic E-state index is 12.6. The molecular formula is C13H12F3N3O. The number of alkyl halides is 3. The van der Waals surface area contributed by atoms with Gasteiger partial charge in [0, 0.05) is 11.4 Å². The SMILES string of the molecule is Cc1n[nH]c(C)c1C(=O)Nc1cccc(C(F)(F)F)c1. The van der Waals surface area contributed by atoms with Gasteiger partial charge in [0.1, 0.15) is 0 Å². The molecule has 7 heteroatoms. The predicted molar refractivity (Wildman–Crippen MR) is 67.5 cm³/mol. The van der Waals surface area contributed by atoms with Crippen molar-refractivity contribution in [3.63, 3.8) is 0 Å². The number of rotatable bonds is 2. The monoisotopic (exact) mass is 283 g/mol. The number of carbonyl (C=O) groups is 1. The lowest BCUT2D eigenvalue weighted by molar-refractivity contribution is -0.137. The number of carbonyl (C=O) groups excluding carboxylic acids is 1. The third-order valence-corrected chi connectivity index (χ3v) is 2.80. The fourth-order valence-electron chi connectivity index (χ4n) is 1.85. The van der Waals surface area contributed by atoms with Crippen molar-refractivity contribution in [3.05, 3.63) is 46.8 Å². The molecule has 20 heavy (non-hydrogen) atoms. The number of aromatic nitrogens is 2. The lowest BCUT2D eigenvalue weighted by atomic mass is 10.1. The van der Waals surface area contributed by atoms with Crippen LogP contribution >= 0.6 is 0 Å². The predicted octanol–water partition coefficient (Wildman–Crippen LogP) is 3.30. The van der Waals surface area contributed by atoms with Gasteiger partial charge in [0.15, 0.2) is 0 Å². The van der Waals surface area contributed by atoms with Crippen molar-refractivity contribution in [2.75, 3.05) is 5.32 Å². The number of aryl methyl sites for hydroxylation is 2. The normalized spacial score (nSPS) is 11.4. The number of hydrogen-bond acceptors (Lipinski definition) is 2. The maximum Gasteiger partial charge on any atom is 0.416 e. The van der Waals surface area contributed by atoms with E-state index < -0.39 is 17.6 Å². The van der Waals surface area contributed by atoms with Gasteiger partial charge in [0.2, 0.25) is 0 Å². The summed E-state index contributed by atoms with van der Waals surface area (Å²) in [5, 5.41) is 8.96. The standard InChI is InChI=1S/C13H12F3N3O/c1-7-11(8(2)19-18-7)12(20)17-10-5-3-4-9(6-10)13(14,15)16/h3-6H,1-2H3,(H,17,20)(H,18,19). The van der Waals surface area contributed by atoms with Crippen LogP contribution in [-0.4, -0.2) is 16.1 Å². The molecular weight excluding hydrogens is 271 g/mol. The molecule has 1 amide bonds. The molecule has 106 valence electrons. The Bertz CT molecular complexity index is 627. The van der Waals surface area contributed by atoms with E-state index in [0.29, 0.717) is 17.0 Å². The molecule has 0 bridgehead atoms. The Morgan fingerprint density at radius 2 is 2.00 bits per heavy atom. The Balaban J connectivity index is 2.25. The fraction of sp³-hybridized carbons (Fsp3) is 0.231. The highest BCUT2D eigenvalue weighted by Gasteiger charge is 2.30. The first-order valence-electron chi connectivity index (χ1n) is 5.79. The summed E-state index contributed by atoms with van der Waals surface area (Å²) in [5.74, 6) is -0.493. The van der Waals surface area contributed by atoms with E-state index in [0.717, 1.165) is 12.1 Å². The Labute approximate surface area is 113 Å². The summed E-state index contributed by atoms with van der Waals surface area (Å²) in [6.07, 6.45) is -4.44. The largest absolute Gasteiger partial charge is 0.416 e. The molecule has 0 saturated heterocycles. The molecule has 0 aliphatic carbocycles. The van der Waals surface area contributed by atoms with Gasteiger partial charge in [-0.3, -0.25) is 9.89 Å². The summed E-state index contributed by atoms with van der Waals surface area (Å²) in [6, 6.07) is 4.48. The minimum Gasteiger partial charge on any atom is -0.322 e. The zero-order valence-corrected chi connectivity index (χ0v) is 10.8. The molecule has 1 aromatic carbocycles. The number of benzene rings is 1. The molecule has 4 nitrogen and oxygen atoms in total. The lowest BCUT2D eigenvalue weighted by Crippen LogP contribution is -2.14. The molecule has 0 saturated carbocycles. The van der Waals surface area contributed by atoms with Crippen molar-refractivity contribution < 1.29 is 18.0 Å². The second kappa shape index (κ2) is 4.99. The van der Waals surface area contributed by atoms with Crippen LogP contribution in [0.15, 0.2) is 24.3 Å². The summed E-state index contributed by atoms with van der Waals surface area (Å²) in [6.45, 7) is 3.31. The zero-order valence-electron chi connectivity index (χ0n) is 10.8. The fourth-order valence-corrected chi connectivity index (χ4v) is 1.85. The van der Waals surface area contributed by atoms with Gasteiger partial charge < -0.3 is 5.32 Å². The number of nitrogens with one attached hydrogen (secondary N) is 2. The average molecular weight is 283 g/mol. The second-order valence-electron chi connectivity index (χ2n) is 4.34. The number of nitrogens with zero attached hydrogens (tertiary/aromatic N) is 1. The first kappa shape index (κ1) is 14.1. The molecule has 0 atom stereocenters. The van der Waals surface area contributed by atoms with Crippen molar-refractivity contribution >= 4 is 11.6 Å². The third-order valence-electron chi connectivity index (χ3n) is 2.80. The maximum atomic E-state index is 12.6. The van der Waals surface area contributed by atoms with Gasteiger partial charge >= 0.3 is 6.18 Å². The molecule has 0 radical (unpaired) electrons. The van der Waals surface area contributed by atoms with Crippen molar-refractivity contribution in [1.29, 1.82) is 0 Å². The minimum absolute atomic E-state index is 0.0878. The van der Waals surface area contributed by atoms with E-state index in [1.807, 2.05) is 0 Å². The van der Waals surface area contributed by atoms with Gasteiger partial charge in [-0.25, -0.2) is 0 Å². The van der Waals surface area contributed by atoms with Gasteiger partial charge in [-0.1, -0.05) is 6.07 Å². The minimum atomic E-state index is -4.44. The molecule has 0 aliphatic rings. The third kappa shape index (κ3) is 2.81. The molecule has 0 aliphatic heterocycles. The van der Waals surface area contributed by atoms with E-state index in [-0.39, 0.29) is 5.69 Å². The Morgan fingerprint density at radius 3 is 2.55 bits per heavy atom. The van der Waals surface area contributed by atoms with E-state index in [1.54, 1.807) is 13.8 Å². The van der Waals surface area contributed by atoms with Crippen molar-refractivity contribution in [1.82, 2.24) is 10.2 Å². The topological polar surface area (TPSA) is 57.8 Å². The lowest BCUT2D eigenvalue weighted by Gasteiger charge is -2.10. The van der Waals surface area contributed by atoms with Crippen LogP contribution in [0.1, 0.15) is 27.3 Å². The Hall–Kier alpha value is -2.31. The number of halogens is 3. The number of hydrogen-bond donors (Lipinski definition) is 2. The quantitative estimate of drug-likeness (QED) is 0.888. The van der Waals surface area contributed by atoms with Crippen LogP contribution < -0.4 is 5.32 Å². The van der Waals surface area contributed by atoms with E-state index in [2.05, 4.69) is 15.5 Å². The van der Waals surface area contributed by atoms with E-state index in [4.69, 9.17) is 0 Å². The summed E-state index contributed by atoms with van der Waals surface area (Å²) in [5.41, 5.74) is 0.669. The van der Waals surface area contributed by atoms with Crippen LogP contribution in [0.3, 0.4) is 0 Å². The summed E-state index contributed by atoms with van der Waals surface area (Å²) < 4.78 is 37.7. The van der Waals surface area contributed by atoms with Crippen molar-refractivity contribution in [3.8, 4) is 0 Å². The van der Waals surface area contributed by atoms with Gasteiger partial charge in [-0.2, -0.15) is 18.3 Å². The summed E-state index contributed by atoms with van der Waals surface area (Å²) >= 11 is 0. The second-order valence-corrected chi connectivity index (χ2v) is 4.34. The van der Waals surface area contributed by atoms with Crippen molar-refractivity contribution in [2.24, 2.45) is 0 Å². The van der Waals surface area contributed by atoms with Crippen LogP contribution in [0, 0.1) is 13.8 Å². The van der Waals surface area contributed by atoms with Crippen LogP contribution in [0.5, 0.6) is 0 Å². The number of amides is 1. The van der Waals surface area contributed by atoms with Crippen LogP contribution in [0.25, 0.3) is 0 Å². The van der Waals surface area contributed by atoms with Crippen molar-refractivity contribution in [2.45, 2.75) is 20.0 Å². The molecule has 2 rings (SSSR count). The molecule has 2 aromatic rings. The number of anilines is 1. The van der Waals surface area contributed by atoms with Crippen LogP contribution in [0.2, 0.25) is 0 Å². The molecule has 2 N–H and O–H groups in total. The molecule has 0 unspecified atom stereocenters. The average Bonchev–Trinajstić information content (AvgIpc) is 2.68. The highest BCUT2D eigenvalue weighted by Crippen LogP contribution is 2.30.